The summed E-state index contributed by atoms with van der Waals surface area (Å²) in [6.45, 7) is 3.67. The largest absolute Gasteiger partial charge is 0.463 e. The molecule has 13 heavy (non-hydrogen) atoms. The SMILES string of the molecule is C=CC(=O)OC1CCCCOC1=O. The molecule has 0 aromatic heterocycles. The Kier molecular flexibility index (Phi) is 3.49. The van der Waals surface area contributed by atoms with Crippen molar-refractivity contribution in [3.05, 3.63) is 12.7 Å². The predicted octanol–water partition coefficient (Wildman–Crippen LogP) is 0.811. The van der Waals surface area contributed by atoms with Gasteiger partial charge in [0.05, 0.1) is 6.61 Å². The van der Waals surface area contributed by atoms with Crippen LogP contribution < -0.4 is 0 Å². The Morgan fingerprint density at radius 1 is 1.62 bits per heavy atom. The summed E-state index contributed by atoms with van der Waals surface area (Å²) in [5.74, 6) is -1.03. The molecule has 0 radical (unpaired) electrons. The lowest BCUT2D eigenvalue weighted by Crippen LogP contribution is -2.26. The van der Waals surface area contributed by atoms with E-state index < -0.39 is 18.0 Å². The van der Waals surface area contributed by atoms with E-state index in [1.165, 1.54) is 0 Å². The maximum absolute atomic E-state index is 11.1. The van der Waals surface area contributed by atoms with E-state index in [1.54, 1.807) is 0 Å². The summed E-state index contributed by atoms with van der Waals surface area (Å²) >= 11 is 0. The van der Waals surface area contributed by atoms with Gasteiger partial charge in [0.1, 0.15) is 0 Å². The van der Waals surface area contributed by atoms with Gasteiger partial charge in [-0.2, -0.15) is 0 Å². The Morgan fingerprint density at radius 2 is 2.38 bits per heavy atom. The number of hydrogen-bond donors (Lipinski definition) is 0. The van der Waals surface area contributed by atoms with Gasteiger partial charge in [0.2, 0.25) is 0 Å². The van der Waals surface area contributed by atoms with Gasteiger partial charge < -0.3 is 9.47 Å². The molecule has 0 aromatic rings. The Bertz CT molecular complexity index is 222. The molecular formula is C9H12O4. The summed E-state index contributed by atoms with van der Waals surface area (Å²) in [7, 11) is 0. The molecule has 1 unspecified atom stereocenters. The molecule has 0 aliphatic carbocycles. The Balaban J connectivity index is 2.49. The van der Waals surface area contributed by atoms with Gasteiger partial charge in [0.25, 0.3) is 0 Å². The van der Waals surface area contributed by atoms with Crippen molar-refractivity contribution in [2.24, 2.45) is 0 Å². The summed E-state index contributed by atoms with van der Waals surface area (Å²) in [6.07, 6.45) is 2.50. The number of cyclic esters (lactones) is 1. The summed E-state index contributed by atoms with van der Waals surface area (Å²) < 4.78 is 9.61. The molecule has 1 heterocycles. The lowest BCUT2D eigenvalue weighted by molar-refractivity contribution is -0.163. The third kappa shape index (κ3) is 2.89. The van der Waals surface area contributed by atoms with Crippen molar-refractivity contribution < 1.29 is 19.1 Å². The summed E-state index contributed by atoms with van der Waals surface area (Å²) in [5.41, 5.74) is 0. The Labute approximate surface area is 76.5 Å². The first-order chi connectivity index (χ1) is 6.24. The molecule has 1 atom stereocenters. The van der Waals surface area contributed by atoms with Crippen LogP contribution in [0.1, 0.15) is 19.3 Å². The van der Waals surface area contributed by atoms with Crippen molar-refractivity contribution in [3.8, 4) is 0 Å². The van der Waals surface area contributed by atoms with Gasteiger partial charge in [0, 0.05) is 6.08 Å². The fourth-order valence-electron chi connectivity index (χ4n) is 1.11. The second-order valence-electron chi connectivity index (χ2n) is 2.79. The molecule has 1 rings (SSSR count). The minimum atomic E-state index is -0.743. The monoisotopic (exact) mass is 184 g/mol. The van der Waals surface area contributed by atoms with E-state index in [0.717, 1.165) is 18.9 Å². The van der Waals surface area contributed by atoms with Crippen LogP contribution in [0.2, 0.25) is 0 Å². The van der Waals surface area contributed by atoms with Crippen LogP contribution in [-0.2, 0) is 19.1 Å². The predicted molar refractivity (Wildman–Crippen MR) is 44.9 cm³/mol. The molecule has 1 aliphatic heterocycles. The maximum Gasteiger partial charge on any atom is 0.347 e. The fraction of sp³-hybridized carbons (Fsp3) is 0.556. The second-order valence-corrected chi connectivity index (χ2v) is 2.79. The van der Waals surface area contributed by atoms with Gasteiger partial charge >= 0.3 is 11.9 Å². The zero-order valence-electron chi connectivity index (χ0n) is 7.32. The average Bonchev–Trinajstić information content (AvgIpc) is 2.32. The van der Waals surface area contributed by atoms with E-state index in [-0.39, 0.29) is 0 Å². The maximum atomic E-state index is 11.1. The van der Waals surface area contributed by atoms with E-state index in [2.05, 4.69) is 6.58 Å². The van der Waals surface area contributed by atoms with E-state index in [1.807, 2.05) is 0 Å². The highest BCUT2D eigenvalue weighted by atomic mass is 16.6. The molecule has 1 aliphatic rings. The minimum absolute atomic E-state index is 0.418. The van der Waals surface area contributed by atoms with Gasteiger partial charge in [-0.15, -0.1) is 0 Å². The van der Waals surface area contributed by atoms with Gasteiger partial charge in [-0.1, -0.05) is 6.58 Å². The molecule has 0 N–H and O–H groups in total. The van der Waals surface area contributed by atoms with Crippen LogP contribution in [0, 0.1) is 0 Å². The summed E-state index contributed by atoms with van der Waals surface area (Å²) in [6, 6.07) is 0. The molecule has 1 saturated heterocycles. The van der Waals surface area contributed by atoms with Crippen LogP contribution in [-0.4, -0.2) is 24.6 Å². The van der Waals surface area contributed by atoms with Crippen LogP contribution >= 0.6 is 0 Å². The quantitative estimate of drug-likeness (QED) is 0.470. The topological polar surface area (TPSA) is 52.6 Å². The minimum Gasteiger partial charge on any atom is -0.463 e. The third-order valence-corrected chi connectivity index (χ3v) is 1.79. The average molecular weight is 184 g/mol. The lowest BCUT2D eigenvalue weighted by atomic mass is 10.2. The zero-order chi connectivity index (χ0) is 9.68. The number of hydrogen-bond acceptors (Lipinski definition) is 4. The zero-order valence-corrected chi connectivity index (χ0v) is 7.32. The first-order valence-corrected chi connectivity index (χ1v) is 4.23. The van der Waals surface area contributed by atoms with Gasteiger partial charge in [0.15, 0.2) is 6.10 Å². The smallest absolute Gasteiger partial charge is 0.347 e. The van der Waals surface area contributed by atoms with Crippen molar-refractivity contribution >= 4 is 11.9 Å². The Hall–Kier alpha value is -1.32. The van der Waals surface area contributed by atoms with Crippen LogP contribution in [0.3, 0.4) is 0 Å². The normalized spacial score (nSPS) is 22.8. The molecule has 0 bridgehead atoms. The van der Waals surface area contributed by atoms with E-state index in [4.69, 9.17) is 9.47 Å². The number of carbonyl (C=O) groups is 2. The van der Waals surface area contributed by atoms with Crippen LogP contribution in [0.4, 0.5) is 0 Å². The molecule has 0 aromatic carbocycles. The molecule has 72 valence electrons. The molecule has 4 heteroatoms. The van der Waals surface area contributed by atoms with E-state index in [9.17, 15) is 9.59 Å². The number of carbonyl (C=O) groups excluding carboxylic acids is 2. The first-order valence-electron chi connectivity index (χ1n) is 4.23. The third-order valence-electron chi connectivity index (χ3n) is 1.79. The highest BCUT2D eigenvalue weighted by molar-refractivity contribution is 5.85. The molecule has 0 spiro atoms. The van der Waals surface area contributed by atoms with Crippen LogP contribution in [0.25, 0.3) is 0 Å². The summed E-state index contributed by atoms with van der Waals surface area (Å²) in [4.78, 5) is 21.9. The molecule has 4 nitrogen and oxygen atoms in total. The first kappa shape index (κ1) is 9.77. The van der Waals surface area contributed by atoms with E-state index >= 15 is 0 Å². The number of rotatable bonds is 2. The number of esters is 2. The number of ether oxygens (including phenoxy) is 2. The summed E-state index contributed by atoms with van der Waals surface area (Å²) in [5, 5.41) is 0. The molecule has 0 saturated carbocycles. The van der Waals surface area contributed by atoms with Crippen molar-refractivity contribution in [2.45, 2.75) is 25.4 Å². The van der Waals surface area contributed by atoms with Gasteiger partial charge in [-0.05, 0) is 19.3 Å². The highest BCUT2D eigenvalue weighted by Gasteiger charge is 2.25. The highest BCUT2D eigenvalue weighted by Crippen LogP contribution is 2.12. The van der Waals surface area contributed by atoms with Crippen LogP contribution in [0.5, 0.6) is 0 Å². The van der Waals surface area contributed by atoms with E-state index in [0.29, 0.717) is 13.0 Å². The van der Waals surface area contributed by atoms with Crippen molar-refractivity contribution in [1.82, 2.24) is 0 Å². The molecular weight excluding hydrogens is 172 g/mol. The van der Waals surface area contributed by atoms with Crippen molar-refractivity contribution in [2.75, 3.05) is 6.61 Å². The van der Waals surface area contributed by atoms with Gasteiger partial charge in [-0.25, -0.2) is 9.59 Å². The second kappa shape index (κ2) is 4.64. The van der Waals surface area contributed by atoms with Crippen LogP contribution in [0.15, 0.2) is 12.7 Å². The molecule has 0 amide bonds. The van der Waals surface area contributed by atoms with Crippen molar-refractivity contribution in [3.63, 3.8) is 0 Å². The standard InChI is InChI=1S/C9H12O4/c1-2-8(10)13-7-5-3-4-6-12-9(7)11/h2,7H,1,3-6H2. The van der Waals surface area contributed by atoms with Gasteiger partial charge in [-0.3, -0.25) is 0 Å². The lowest BCUT2D eigenvalue weighted by Gasteiger charge is -2.11. The van der Waals surface area contributed by atoms with Crippen molar-refractivity contribution in [1.29, 1.82) is 0 Å². The molecule has 1 fully saturated rings. The fourth-order valence-corrected chi connectivity index (χ4v) is 1.11. The Morgan fingerprint density at radius 3 is 3.08 bits per heavy atom.